The van der Waals surface area contributed by atoms with Crippen molar-refractivity contribution in [1.82, 2.24) is 9.97 Å². The Kier molecular flexibility index (Phi) is 6.73. The van der Waals surface area contributed by atoms with Crippen LogP contribution >= 0.6 is 0 Å². The number of amides is 1. The van der Waals surface area contributed by atoms with Crippen LogP contribution in [-0.2, 0) is 24.1 Å². The van der Waals surface area contributed by atoms with Crippen molar-refractivity contribution >= 4 is 11.7 Å². The van der Waals surface area contributed by atoms with Gasteiger partial charge in [-0.15, -0.1) is 0 Å². The third-order valence-electron chi connectivity index (χ3n) is 3.75. The Hall–Kier alpha value is -2.23. The van der Waals surface area contributed by atoms with Crippen LogP contribution < -0.4 is 5.32 Å². The van der Waals surface area contributed by atoms with E-state index in [2.05, 4.69) is 34.3 Å². The summed E-state index contributed by atoms with van der Waals surface area (Å²) in [6.45, 7) is 4.20. The zero-order valence-corrected chi connectivity index (χ0v) is 14.0. The summed E-state index contributed by atoms with van der Waals surface area (Å²) in [4.78, 5) is 20.5. The monoisotopic (exact) mass is 311 g/mol. The molecule has 0 atom stereocenters. The molecule has 1 amide bonds. The van der Waals surface area contributed by atoms with Gasteiger partial charge in [0.1, 0.15) is 11.6 Å². The van der Waals surface area contributed by atoms with E-state index in [1.54, 1.807) is 12.3 Å². The molecule has 1 N–H and O–H groups in total. The second-order valence-corrected chi connectivity index (χ2v) is 5.71. The van der Waals surface area contributed by atoms with Crippen LogP contribution in [0.25, 0.3) is 0 Å². The molecule has 0 bridgehead atoms. The number of carbonyl (C=O) groups is 1. The Morgan fingerprint density at radius 1 is 1.04 bits per heavy atom. The van der Waals surface area contributed by atoms with E-state index in [0.717, 1.165) is 24.2 Å². The number of rotatable bonds is 8. The number of anilines is 1. The zero-order chi connectivity index (χ0) is 16.5. The van der Waals surface area contributed by atoms with Gasteiger partial charge in [0.25, 0.3) is 0 Å². The average molecular weight is 311 g/mol. The summed E-state index contributed by atoms with van der Waals surface area (Å²) in [6.07, 6.45) is 7.63. The molecule has 0 aliphatic carbocycles. The van der Waals surface area contributed by atoms with Crippen molar-refractivity contribution in [3.63, 3.8) is 0 Å². The van der Waals surface area contributed by atoms with Crippen molar-refractivity contribution in [1.29, 1.82) is 0 Å². The summed E-state index contributed by atoms with van der Waals surface area (Å²) in [7, 11) is 0. The maximum Gasteiger partial charge on any atom is 0.229 e. The molecular formula is C19H25N3O. The van der Waals surface area contributed by atoms with Crippen molar-refractivity contribution in [2.45, 2.75) is 52.4 Å². The van der Waals surface area contributed by atoms with E-state index in [1.165, 1.54) is 24.8 Å². The van der Waals surface area contributed by atoms with Gasteiger partial charge < -0.3 is 5.32 Å². The van der Waals surface area contributed by atoms with Gasteiger partial charge in [0.05, 0.1) is 6.42 Å². The highest BCUT2D eigenvalue weighted by Crippen LogP contribution is 2.10. The summed E-state index contributed by atoms with van der Waals surface area (Å²) < 4.78 is 0. The lowest BCUT2D eigenvalue weighted by Gasteiger charge is -2.06. The van der Waals surface area contributed by atoms with Crippen LogP contribution in [0.2, 0.25) is 0 Å². The number of hydrogen-bond acceptors (Lipinski definition) is 3. The Morgan fingerprint density at radius 3 is 2.48 bits per heavy atom. The molecule has 1 aromatic heterocycles. The normalized spacial score (nSPS) is 10.5. The molecule has 0 aliphatic heterocycles. The molecule has 23 heavy (non-hydrogen) atoms. The van der Waals surface area contributed by atoms with Crippen molar-refractivity contribution in [2.75, 3.05) is 5.32 Å². The lowest BCUT2D eigenvalue weighted by atomic mass is 10.0. The zero-order valence-electron chi connectivity index (χ0n) is 14.0. The second kappa shape index (κ2) is 9.03. The Morgan fingerprint density at radius 2 is 1.78 bits per heavy atom. The lowest BCUT2D eigenvalue weighted by molar-refractivity contribution is -0.115. The van der Waals surface area contributed by atoms with Gasteiger partial charge in [-0.1, -0.05) is 51.0 Å². The Bertz CT molecular complexity index is 623. The average Bonchev–Trinajstić information content (AvgIpc) is 2.57. The SMILES string of the molecule is CCCCCc1ccc(CC(=O)Nc2ccnc(CC)n2)cc1. The molecule has 0 aliphatic rings. The number of unbranched alkanes of at least 4 members (excludes halogenated alkanes) is 2. The van der Waals surface area contributed by atoms with Crippen LogP contribution in [-0.4, -0.2) is 15.9 Å². The standard InChI is InChI=1S/C19H25N3O/c1-3-5-6-7-15-8-10-16(11-9-15)14-19(23)22-18-12-13-20-17(4-2)21-18/h8-13H,3-7,14H2,1-2H3,(H,20,21,22,23). The first-order valence-electron chi connectivity index (χ1n) is 8.40. The summed E-state index contributed by atoms with van der Waals surface area (Å²) >= 11 is 0. The molecule has 0 saturated heterocycles. The van der Waals surface area contributed by atoms with E-state index >= 15 is 0 Å². The molecule has 4 heteroatoms. The van der Waals surface area contributed by atoms with E-state index < -0.39 is 0 Å². The Labute approximate surface area is 138 Å². The maximum absolute atomic E-state index is 12.1. The Balaban J connectivity index is 1.87. The second-order valence-electron chi connectivity index (χ2n) is 5.71. The van der Waals surface area contributed by atoms with Crippen molar-refractivity contribution in [2.24, 2.45) is 0 Å². The van der Waals surface area contributed by atoms with E-state index in [-0.39, 0.29) is 5.91 Å². The number of nitrogens with one attached hydrogen (secondary N) is 1. The number of aromatic nitrogens is 2. The molecule has 0 saturated carbocycles. The fourth-order valence-corrected chi connectivity index (χ4v) is 2.41. The summed E-state index contributed by atoms with van der Waals surface area (Å²) in [5, 5.41) is 2.83. The highest BCUT2D eigenvalue weighted by atomic mass is 16.1. The molecule has 1 heterocycles. The third kappa shape index (κ3) is 5.81. The predicted octanol–water partition coefficient (Wildman–Crippen LogP) is 3.95. The maximum atomic E-state index is 12.1. The quantitative estimate of drug-likeness (QED) is 0.751. The van der Waals surface area contributed by atoms with Gasteiger partial charge in [-0.05, 0) is 30.0 Å². The fourth-order valence-electron chi connectivity index (χ4n) is 2.41. The largest absolute Gasteiger partial charge is 0.310 e. The van der Waals surface area contributed by atoms with Gasteiger partial charge in [-0.3, -0.25) is 4.79 Å². The number of hydrogen-bond donors (Lipinski definition) is 1. The fraction of sp³-hybridized carbons (Fsp3) is 0.421. The van der Waals surface area contributed by atoms with E-state index in [4.69, 9.17) is 0 Å². The van der Waals surface area contributed by atoms with Crippen molar-refractivity contribution in [3.8, 4) is 0 Å². The van der Waals surface area contributed by atoms with Gasteiger partial charge in [0.2, 0.25) is 5.91 Å². The molecule has 2 rings (SSSR count). The number of carbonyl (C=O) groups excluding carboxylic acids is 1. The molecule has 0 spiro atoms. The van der Waals surface area contributed by atoms with Crippen LogP contribution in [0.3, 0.4) is 0 Å². The van der Waals surface area contributed by atoms with E-state index in [0.29, 0.717) is 12.2 Å². The summed E-state index contributed by atoms with van der Waals surface area (Å²) in [6, 6.07) is 10.0. The lowest BCUT2D eigenvalue weighted by Crippen LogP contribution is -2.16. The number of benzene rings is 1. The first kappa shape index (κ1) is 17.1. The number of nitrogens with zero attached hydrogens (tertiary/aromatic N) is 2. The minimum absolute atomic E-state index is 0.0514. The highest BCUT2D eigenvalue weighted by Gasteiger charge is 2.06. The van der Waals surface area contributed by atoms with Crippen LogP contribution in [0.1, 0.15) is 50.1 Å². The molecule has 4 nitrogen and oxygen atoms in total. The molecule has 1 aromatic carbocycles. The first-order chi connectivity index (χ1) is 11.2. The van der Waals surface area contributed by atoms with Crippen LogP contribution in [0.4, 0.5) is 5.82 Å². The molecule has 0 unspecified atom stereocenters. The van der Waals surface area contributed by atoms with Gasteiger partial charge in [0.15, 0.2) is 0 Å². The topological polar surface area (TPSA) is 54.9 Å². The van der Waals surface area contributed by atoms with Gasteiger partial charge in [0, 0.05) is 12.6 Å². The highest BCUT2D eigenvalue weighted by molar-refractivity contribution is 5.91. The van der Waals surface area contributed by atoms with Crippen molar-refractivity contribution < 1.29 is 4.79 Å². The van der Waals surface area contributed by atoms with Gasteiger partial charge in [-0.25, -0.2) is 9.97 Å². The van der Waals surface area contributed by atoms with E-state index in [9.17, 15) is 4.79 Å². The molecule has 0 fully saturated rings. The van der Waals surface area contributed by atoms with Crippen LogP contribution in [0.5, 0.6) is 0 Å². The number of aryl methyl sites for hydroxylation is 2. The third-order valence-corrected chi connectivity index (χ3v) is 3.75. The molecular weight excluding hydrogens is 286 g/mol. The minimum Gasteiger partial charge on any atom is -0.310 e. The first-order valence-corrected chi connectivity index (χ1v) is 8.40. The van der Waals surface area contributed by atoms with E-state index in [1.807, 2.05) is 19.1 Å². The summed E-state index contributed by atoms with van der Waals surface area (Å²) in [5.74, 6) is 1.25. The molecule has 2 aromatic rings. The minimum atomic E-state index is -0.0514. The van der Waals surface area contributed by atoms with Crippen LogP contribution in [0, 0.1) is 0 Å². The molecule has 0 radical (unpaired) electrons. The van der Waals surface area contributed by atoms with Crippen molar-refractivity contribution in [3.05, 3.63) is 53.5 Å². The van der Waals surface area contributed by atoms with Gasteiger partial charge in [-0.2, -0.15) is 0 Å². The predicted molar refractivity (Wildman–Crippen MR) is 93.4 cm³/mol. The molecule has 122 valence electrons. The summed E-state index contributed by atoms with van der Waals surface area (Å²) in [5.41, 5.74) is 2.36. The van der Waals surface area contributed by atoms with Gasteiger partial charge >= 0.3 is 0 Å². The smallest absolute Gasteiger partial charge is 0.229 e. The van der Waals surface area contributed by atoms with Crippen LogP contribution in [0.15, 0.2) is 36.5 Å².